The Labute approximate surface area is 208 Å². The molecule has 2 aliphatic rings. The summed E-state index contributed by atoms with van der Waals surface area (Å²) in [5.74, 6) is -0.844. The predicted octanol–water partition coefficient (Wildman–Crippen LogP) is 2.86. The summed E-state index contributed by atoms with van der Waals surface area (Å²) in [6.07, 6.45) is 1.61. The molecule has 3 atom stereocenters. The summed E-state index contributed by atoms with van der Waals surface area (Å²) < 4.78 is 48.3. The summed E-state index contributed by atoms with van der Waals surface area (Å²) >= 11 is 1.15. The van der Waals surface area contributed by atoms with Crippen LogP contribution in [0.5, 0.6) is 17.2 Å². The maximum atomic E-state index is 13.7. The molecular formula is C25H22F2N2O6S. The van der Waals surface area contributed by atoms with Crippen LogP contribution in [-0.4, -0.2) is 36.6 Å². The highest BCUT2D eigenvalue weighted by Crippen LogP contribution is 2.47. The van der Waals surface area contributed by atoms with Gasteiger partial charge in [-0.05, 0) is 43.7 Å². The van der Waals surface area contributed by atoms with Gasteiger partial charge >= 0.3 is 12.6 Å². The van der Waals surface area contributed by atoms with Gasteiger partial charge in [0.1, 0.15) is 11.7 Å². The molecule has 36 heavy (non-hydrogen) atoms. The van der Waals surface area contributed by atoms with Crippen LogP contribution in [0, 0.1) is 5.92 Å². The second-order valence-corrected chi connectivity index (χ2v) is 9.35. The van der Waals surface area contributed by atoms with Crippen molar-refractivity contribution in [3.63, 3.8) is 0 Å². The molecule has 0 aliphatic carbocycles. The first-order valence-electron chi connectivity index (χ1n) is 11.2. The molecule has 3 heterocycles. The van der Waals surface area contributed by atoms with Crippen LogP contribution in [0.15, 0.2) is 52.3 Å². The first kappa shape index (κ1) is 24.0. The fraction of sp³-hybridized carbons (Fsp3) is 0.320. The third kappa shape index (κ3) is 3.93. The smallest absolute Gasteiger partial charge is 0.387 e. The van der Waals surface area contributed by atoms with Crippen molar-refractivity contribution in [1.29, 1.82) is 0 Å². The van der Waals surface area contributed by atoms with Gasteiger partial charge in [0.05, 0.1) is 24.3 Å². The molecule has 2 bridgehead atoms. The molecule has 5 rings (SSSR count). The summed E-state index contributed by atoms with van der Waals surface area (Å²) in [7, 11) is 1.34. The molecule has 1 aromatic heterocycles. The van der Waals surface area contributed by atoms with E-state index in [1.807, 2.05) is 18.2 Å². The maximum absolute atomic E-state index is 13.7. The normalized spacial score (nSPS) is 22.2. The molecule has 0 amide bonds. The molecule has 2 aliphatic heterocycles. The van der Waals surface area contributed by atoms with Crippen molar-refractivity contribution in [3.8, 4) is 17.2 Å². The topological polar surface area (TPSA) is 88.4 Å². The van der Waals surface area contributed by atoms with Crippen LogP contribution >= 0.6 is 11.3 Å². The number of alkyl halides is 2. The van der Waals surface area contributed by atoms with Gasteiger partial charge in [-0.15, -0.1) is 0 Å². The average molecular weight is 517 g/mol. The molecule has 0 unspecified atom stereocenters. The van der Waals surface area contributed by atoms with Gasteiger partial charge in [-0.2, -0.15) is 8.78 Å². The van der Waals surface area contributed by atoms with E-state index in [-0.39, 0.29) is 23.7 Å². The number of aromatic nitrogens is 1. The largest absolute Gasteiger partial charge is 0.493 e. The highest BCUT2D eigenvalue weighted by molar-refractivity contribution is 7.07. The van der Waals surface area contributed by atoms with Crippen molar-refractivity contribution < 1.29 is 32.5 Å². The number of hydrogen-bond acceptors (Lipinski definition) is 8. The lowest BCUT2D eigenvalue weighted by atomic mass is 9.81. The number of ether oxygens (including phenoxy) is 4. The van der Waals surface area contributed by atoms with Crippen molar-refractivity contribution in [2.45, 2.75) is 32.2 Å². The lowest BCUT2D eigenvalue weighted by Crippen LogP contribution is -2.58. The van der Waals surface area contributed by atoms with Gasteiger partial charge in [-0.25, -0.2) is 4.99 Å². The fourth-order valence-corrected chi connectivity index (χ4v) is 5.75. The zero-order valence-corrected chi connectivity index (χ0v) is 20.4. The summed E-state index contributed by atoms with van der Waals surface area (Å²) in [5, 5.41) is 0. The summed E-state index contributed by atoms with van der Waals surface area (Å²) in [6.45, 7) is 0.604. The van der Waals surface area contributed by atoms with Crippen LogP contribution in [-0.2, 0) is 9.53 Å². The molecule has 8 nitrogen and oxygen atoms in total. The molecule has 3 aromatic rings. The van der Waals surface area contributed by atoms with Gasteiger partial charge in [-0.3, -0.25) is 14.2 Å². The highest BCUT2D eigenvalue weighted by atomic mass is 32.1. The third-order valence-electron chi connectivity index (χ3n) is 6.12. The number of benzene rings is 2. The van der Waals surface area contributed by atoms with Crippen molar-refractivity contribution in [2.75, 3.05) is 13.7 Å². The summed E-state index contributed by atoms with van der Waals surface area (Å²) in [6, 6.07) is 10.9. The van der Waals surface area contributed by atoms with Crippen LogP contribution < -0.4 is 29.1 Å². The lowest BCUT2D eigenvalue weighted by Gasteiger charge is -2.44. The molecule has 0 N–H and O–H groups in total. The minimum Gasteiger partial charge on any atom is -0.493 e. The van der Waals surface area contributed by atoms with Gasteiger partial charge in [0.15, 0.2) is 16.3 Å². The van der Waals surface area contributed by atoms with Crippen molar-refractivity contribution in [1.82, 2.24) is 4.57 Å². The molecular weight excluding hydrogens is 494 g/mol. The van der Waals surface area contributed by atoms with Gasteiger partial charge in [0.25, 0.3) is 5.56 Å². The molecule has 0 saturated heterocycles. The number of esters is 1. The number of hydrogen-bond donors (Lipinski definition) is 0. The quantitative estimate of drug-likeness (QED) is 0.469. The Balaban J connectivity index is 1.68. The van der Waals surface area contributed by atoms with Gasteiger partial charge in [0, 0.05) is 5.56 Å². The van der Waals surface area contributed by atoms with Gasteiger partial charge in [-0.1, -0.05) is 35.6 Å². The van der Waals surface area contributed by atoms with E-state index in [9.17, 15) is 18.4 Å². The number of halogens is 2. The summed E-state index contributed by atoms with van der Waals surface area (Å²) in [5.41, 5.74) is -0.385. The standard InChI is InChI=1S/C25H22F2N2O6S/c1-4-33-22(31)19-20-14-7-5-6-8-15(14)35-25(19,2)28-24-29(20)21(30)18(36-24)12-13-9-10-16(34-23(26)27)17(11-13)32-3/h5-12,19-20,23H,4H2,1-3H3/b18-12-/t19-,20-,25+/m1/s1. The zero-order chi connectivity index (χ0) is 25.6. The first-order chi connectivity index (χ1) is 17.3. The molecule has 11 heteroatoms. The highest BCUT2D eigenvalue weighted by Gasteiger charge is 2.55. The molecule has 0 radical (unpaired) electrons. The van der Waals surface area contributed by atoms with Crippen LogP contribution in [0.2, 0.25) is 0 Å². The van der Waals surface area contributed by atoms with Crippen molar-refractivity contribution >= 4 is 23.4 Å². The Hall–Kier alpha value is -3.73. The number of rotatable bonds is 6. The number of methoxy groups -OCH3 is 1. The number of fused-ring (bicyclic) bond motifs is 6. The van der Waals surface area contributed by atoms with E-state index in [4.69, 9.17) is 19.2 Å². The second kappa shape index (κ2) is 9.05. The number of thiazole rings is 1. The summed E-state index contributed by atoms with van der Waals surface area (Å²) in [4.78, 5) is 31.8. The number of carbonyl (C=O) groups excluding carboxylic acids is 1. The molecule has 0 fully saturated rings. The molecule has 0 saturated carbocycles. The Morgan fingerprint density at radius 3 is 2.78 bits per heavy atom. The van der Waals surface area contributed by atoms with E-state index < -0.39 is 30.3 Å². The van der Waals surface area contributed by atoms with E-state index in [2.05, 4.69) is 4.74 Å². The van der Waals surface area contributed by atoms with Gasteiger partial charge < -0.3 is 18.9 Å². The Morgan fingerprint density at radius 2 is 2.06 bits per heavy atom. The molecule has 0 spiro atoms. The molecule has 2 aromatic carbocycles. The number of nitrogens with zero attached hydrogens (tertiary/aromatic N) is 2. The Morgan fingerprint density at radius 1 is 1.28 bits per heavy atom. The second-order valence-electron chi connectivity index (χ2n) is 8.34. The predicted molar refractivity (Wildman–Crippen MR) is 126 cm³/mol. The minimum absolute atomic E-state index is 0.100. The SMILES string of the molecule is CCOC(=O)[C@H]1[C@H]2c3ccccc3O[C@]1(C)N=c1s/c(=C\c3ccc(OC(F)F)c(OC)c3)c(=O)n12. The monoisotopic (exact) mass is 516 g/mol. The van der Waals surface area contributed by atoms with E-state index in [0.29, 0.717) is 26.2 Å². The Kier molecular flexibility index (Phi) is 6.03. The van der Waals surface area contributed by atoms with Crippen LogP contribution in [0.4, 0.5) is 8.78 Å². The first-order valence-corrected chi connectivity index (χ1v) is 12.0. The van der Waals surface area contributed by atoms with Crippen molar-refractivity contribution in [2.24, 2.45) is 10.9 Å². The third-order valence-corrected chi connectivity index (χ3v) is 7.10. The Bertz CT molecular complexity index is 1520. The fourth-order valence-electron chi connectivity index (χ4n) is 4.66. The average Bonchev–Trinajstić information content (AvgIpc) is 3.12. The van der Waals surface area contributed by atoms with Crippen LogP contribution in [0.25, 0.3) is 6.08 Å². The van der Waals surface area contributed by atoms with E-state index >= 15 is 0 Å². The lowest BCUT2D eigenvalue weighted by molar-refractivity contribution is -0.160. The minimum atomic E-state index is -3.00. The van der Waals surface area contributed by atoms with E-state index in [1.54, 1.807) is 32.1 Å². The van der Waals surface area contributed by atoms with E-state index in [0.717, 1.165) is 11.3 Å². The zero-order valence-electron chi connectivity index (χ0n) is 19.6. The maximum Gasteiger partial charge on any atom is 0.387 e. The number of carbonyl (C=O) groups is 1. The van der Waals surface area contributed by atoms with Crippen molar-refractivity contribution in [3.05, 3.63) is 73.3 Å². The number of para-hydroxylation sites is 1. The van der Waals surface area contributed by atoms with E-state index in [1.165, 1.54) is 23.8 Å². The van der Waals surface area contributed by atoms with Crippen LogP contribution in [0.1, 0.15) is 31.0 Å². The van der Waals surface area contributed by atoms with Crippen LogP contribution in [0.3, 0.4) is 0 Å². The molecule has 188 valence electrons. The van der Waals surface area contributed by atoms with Gasteiger partial charge in [0.2, 0.25) is 5.72 Å².